The maximum atomic E-state index is 11.7. The Bertz CT molecular complexity index is 6740. The predicted molar refractivity (Wildman–Crippen MR) is 470 cm³/mol. The summed E-state index contributed by atoms with van der Waals surface area (Å²) in [5.74, 6) is 0. The largest absolute Gasteiger partial charge is 0.392 e. The van der Waals surface area contributed by atoms with Crippen LogP contribution < -0.4 is 9.80 Å². The number of carbonyl (C=O) groups excluding carboxylic acids is 2. The molecule has 0 radical (unpaired) electrons. The van der Waals surface area contributed by atoms with E-state index in [1.54, 1.807) is 0 Å². The van der Waals surface area contributed by atoms with Crippen molar-refractivity contribution in [2.45, 2.75) is 51.7 Å². The number of aliphatic hydroxyl groups is 2. The fourth-order valence-electron chi connectivity index (χ4n) is 17.6. The summed E-state index contributed by atoms with van der Waals surface area (Å²) in [5.41, 5.74) is 34.9. The standard InChI is InChI=1S/C53H42N2O2.C53H38N2O2/c2*1-53(2)49-30-36(34-57)14-27-45(49)46-28-26-44(32-50(46)53)54(41-22-15-38(16-23-41)37-8-4-3-5-9-37)42-24-17-39(18-25-42)40-19-29-52-48(31-40)47-10-6-7-11-51(47)55(52)43-20-12-35(33-56)13-21-43/h3-32,56-57H,33-34H2,1-2H3;3-34H,1-2H3. The minimum atomic E-state index is -0.271. The van der Waals surface area contributed by atoms with E-state index in [-0.39, 0.29) is 24.0 Å². The minimum Gasteiger partial charge on any atom is -0.392 e. The van der Waals surface area contributed by atoms with Crippen molar-refractivity contribution in [3.05, 3.63) is 408 Å². The van der Waals surface area contributed by atoms with Crippen molar-refractivity contribution in [3.8, 4) is 78.1 Å². The molecule has 8 heteroatoms. The monoisotopic (exact) mass is 1470 g/mol. The Balaban J connectivity index is 0.000000153. The summed E-state index contributed by atoms with van der Waals surface area (Å²) in [6, 6.07) is 129. The molecule has 0 spiro atoms. The lowest BCUT2D eigenvalue weighted by atomic mass is 9.82. The number of aliphatic hydroxyl groups excluding tert-OH is 2. The zero-order valence-corrected chi connectivity index (χ0v) is 63.7. The number of nitrogens with zero attached hydrogens (tertiary/aromatic N) is 4. The lowest BCUT2D eigenvalue weighted by Crippen LogP contribution is -2.17. The molecule has 0 atom stereocenters. The molecule has 0 amide bonds. The molecule has 0 saturated carbocycles. The molecule has 0 bridgehead atoms. The van der Waals surface area contributed by atoms with Crippen LogP contribution in [0.25, 0.3) is 122 Å². The topological polar surface area (TPSA) is 90.9 Å². The van der Waals surface area contributed by atoms with Gasteiger partial charge >= 0.3 is 0 Å². The second-order valence-corrected chi connectivity index (χ2v) is 31.0. The van der Waals surface area contributed by atoms with Crippen molar-refractivity contribution in [1.82, 2.24) is 9.13 Å². The lowest BCUT2D eigenvalue weighted by Gasteiger charge is -2.28. The second kappa shape index (κ2) is 28.7. The van der Waals surface area contributed by atoms with Gasteiger partial charge < -0.3 is 29.1 Å². The van der Waals surface area contributed by atoms with Crippen LogP contribution in [0.2, 0.25) is 0 Å². The molecular weight excluding hydrogens is 1390 g/mol. The van der Waals surface area contributed by atoms with E-state index in [4.69, 9.17) is 0 Å². The first kappa shape index (κ1) is 70.4. The Morgan fingerprint density at radius 3 is 0.982 bits per heavy atom. The summed E-state index contributed by atoms with van der Waals surface area (Å²) < 4.78 is 4.58. The van der Waals surface area contributed by atoms with Crippen LogP contribution in [0.5, 0.6) is 0 Å². The highest BCUT2D eigenvalue weighted by Crippen LogP contribution is 2.54. The number of anilines is 6. The highest BCUT2D eigenvalue weighted by atomic mass is 16.3. The van der Waals surface area contributed by atoms with Gasteiger partial charge in [-0.2, -0.15) is 0 Å². The second-order valence-electron chi connectivity index (χ2n) is 31.0. The van der Waals surface area contributed by atoms with E-state index >= 15 is 0 Å². The van der Waals surface area contributed by atoms with Gasteiger partial charge in [0, 0.05) is 89.0 Å². The Hall–Kier alpha value is -14.0. The van der Waals surface area contributed by atoms with E-state index in [0.717, 1.165) is 114 Å². The average Bonchev–Trinajstić information content (AvgIpc) is 1.58. The summed E-state index contributed by atoms with van der Waals surface area (Å²) in [6.45, 7) is 9.14. The molecule has 18 aromatic rings. The molecule has 2 aromatic heterocycles. The number of rotatable bonds is 16. The van der Waals surface area contributed by atoms with Gasteiger partial charge in [-0.1, -0.05) is 240 Å². The van der Waals surface area contributed by atoms with Crippen LogP contribution in [0, 0.1) is 0 Å². The van der Waals surface area contributed by atoms with Crippen LogP contribution in [-0.2, 0) is 24.0 Å². The summed E-state index contributed by atoms with van der Waals surface area (Å²) in [7, 11) is 0. The van der Waals surface area contributed by atoms with E-state index in [9.17, 15) is 19.8 Å². The molecule has 2 aliphatic rings. The average molecular weight is 1470 g/mol. The SMILES string of the molecule is CC1(C)c2cc(C=O)ccc2-c2ccc(N(c3ccc(-c4ccccc4)cc3)c3ccc(-c4ccc5c(c4)c4ccccc4n5-c4ccc(C=O)cc4)cc3)cc21.CC1(C)c2cc(CO)ccc2-c2ccc(N(c3ccc(-c4ccccc4)cc3)c3ccc(-c4ccc5c(c4)c4ccccc4n5-c4ccc(CO)cc4)cc3)cc21. The maximum absolute atomic E-state index is 11.7. The summed E-state index contributed by atoms with van der Waals surface area (Å²) in [4.78, 5) is 27.8. The molecule has 16 aromatic carbocycles. The summed E-state index contributed by atoms with van der Waals surface area (Å²) in [6.07, 6.45) is 1.81. The van der Waals surface area contributed by atoms with E-state index in [1.165, 1.54) is 88.3 Å². The van der Waals surface area contributed by atoms with Crippen molar-refractivity contribution in [3.63, 3.8) is 0 Å². The van der Waals surface area contributed by atoms with E-state index in [2.05, 4.69) is 350 Å². The molecule has 2 heterocycles. The van der Waals surface area contributed by atoms with Gasteiger partial charge in [0.25, 0.3) is 0 Å². The number of para-hydroxylation sites is 2. The lowest BCUT2D eigenvalue weighted by molar-refractivity contribution is 0.111. The van der Waals surface area contributed by atoms with Crippen LogP contribution in [0.4, 0.5) is 34.1 Å². The van der Waals surface area contributed by atoms with Crippen LogP contribution in [-0.4, -0.2) is 31.9 Å². The third-order valence-corrected chi connectivity index (χ3v) is 23.6. The summed E-state index contributed by atoms with van der Waals surface area (Å²) >= 11 is 0. The highest BCUT2D eigenvalue weighted by molar-refractivity contribution is 6.12. The number of aldehydes is 2. The fourth-order valence-corrected chi connectivity index (χ4v) is 17.6. The predicted octanol–water partition coefficient (Wildman–Crippen LogP) is 26.4. The van der Waals surface area contributed by atoms with Crippen molar-refractivity contribution in [1.29, 1.82) is 0 Å². The Morgan fingerprint density at radius 1 is 0.263 bits per heavy atom. The summed E-state index contributed by atoms with van der Waals surface area (Å²) in [5, 5.41) is 24.3. The van der Waals surface area contributed by atoms with Gasteiger partial charge in [-0.3, -0.25) is 9.59 Å². The fraction of sp³-hybridized carbons (Fsp3) is 0.0755. The highest BCUT2D eigenvalue weighted by Gasteiger charge is 2.38. The van der Waals surface area contributed by atoms with E-state index in [1.807, 2.05) is 60.7 Å². The zero-order valence-electron chi connectivity index (χ0n) is 63.7. The van der Waals surface area contributed by atoms with E-state index in [0.29, 0.717) is 11.1 Å². The van der Waals surface area contributed by atoms with Gasteiger partial charge in [-0.15, -0.1) is 0 Å². The van der Waals surface area contributed by atoms with Crippen molar-refractivity contribution >= 4 is 90.3 Å². The molecule has 20 rings (SSSR count). The van der Waals surface area contributed by atoms with Gasteiger partial charge in [0.1, 0.15) is 12.6 Å². The van der Waals surface area contributed by atoms with Crippen molar-refractivity contribution in [2.75, 3.05) is 9.80 Å². The Morgan fingerprint density at radius 2 is 0.570 bits per heavy atom. The van der Waals surface area contributed by atoms with Gasteiger partial charge in [-0.25, -0.2) is 0 Å². The maximum Gasteiger partial charge on any atom is 0.150 e. The molecule has 8 nitrogen and oxygen atoms in total. The van der Waals surface area contributed by atoms with Crippen LogP contribution in [0.3, 0.4) is 0 Å². The Kier molecular flexibility index (Phi) is 17.7. The molecule has 2 N–H and O–H groups in total. The third kappa shape index (κ3) is 12.3. The zero-order chi connectivity index (χ0) is 77.3. The first-order chi connectivity index (χ1) is 55.8. The molecule has 114 heavy (non-hydrogen) atoms. The minimum absolute atomic E-state index is 0.0288. The molecule has 2 aliphatic carbocycles. The normalized spacial score (nSPS) is 12.8. The third-order valence-electron chi connectivity index (χ3n) is 23.6. The number of fused-ring (bicyclic) bond motifs is 12. The number of aromatic nitrogens is 2. The number of hydrogen-bond acceptors (Lipinski definition) is 6. The van der Waals surface area contributed by atoms with Gasteiger partial charge in [0.15, 0.2) is 0 Å². The number of benzene rings is 16. The van der Waals surface area contributed by atoms with Crippen LogP contribution in [0.1, 0.15) is 81.8 Å². The Labute approximate surface area is 663 Å². The first-order valence-corrected chi connectivity index (χ1v) is 38.9. The molecular formula is C106H80N4O4. The van der Waals surface area contributed by atoms with Gasteiger partial charge in [0.2, 0.25) is 0 Å². The molecule has 548 valence electrons. The molecule has 0 fully saturated rings. The van der Waals surface area contributed by atoms with Crippen LogP contribution >= 0.6 is 0 Å². The first-order valence-electron chi connectivity index (χ1n) is 38.9. The van der Waals surface area contributed by atoms with Crippen LogP contribution in [0.15, 0.2) is 364 Å². The molecule has 0 saturated heterocycles. The van der Waals surface area contributed by atoms with E-state index < -0.39 is 0 Å². The molecule has 0 aliphatic heterocycles. The van der Waals surface area contributed by atoms with Crippen molar-refractivity contribution < 1.29 is 19.8 Å². The van der Waals surface area contributed by atoms with Gasteiger partial charge in [0.05, 0.1) is 35.3 Å². The number of carbonyl (C=O) groups is 2. The van der Waals surface area contributed by atoms with Gasteiger partial charge in [-0.05, 0) is 252 Å². The smallest absolute Gasteiger partial charge is 0.150 e. The van der Waals surface area contributed by atoms with Crippen molar-refractivity contribution in [2.24, 2.45) is 0 Å². The number of hydrogen-bond donors (Lipinski definition) is 2. The molecule has 0 unspecified atom stereocenters. The quantitative estimate of drug-likeness (QED) is 0.0937.